The van der Waals surface area contributed by atoms with Crippen LogP contribution in [0.1, 0.15) is 19.8 Å². The molecule has 0 aromatic rings. The van der Waals surface area contributed by atoms with Crippen LogP contribution in [-0.4, -0.2) is 43.8 Å². The molecule has 0 aromatic heterocycles. The van der Waals surface area contributed by atoms with Crippen LogP contribution in [0.2, 0.25) is 0 Å². The Morgan fingerprint density at radius 1 is 1.31 bits per heavy atom. The number of likely N-dealkylation sites (N-methyl/N-ethyl adjacent to an activating group) is 1. The molecule has 0 radical (unpaired) electrons. The molecular weight excluding hydrogens is 168 g/mol. The lowest BCUT2D eigenvalue weighted by Gasteiger charge is -2.09. The summed E-state index contributed by atoms with van der Waals surface area (Å²) in [5, 5.41) is 2.68. The van der Waals surface area contributed by atoms with Gasteiger partial charge in [-0.1, -0.05) is 6.92 Å². The number of hydrogen-bond donors (Lipinski definition) is 1. The van der Waals surface area contributed by atoms with E-state index >= 15 is 0 Å². The number of ketones is 1. The molecule has 4 nitrogen and oxygen atoms in total. The third kappa shape index (κ3) is 7.46. The van der Waals surface area contributed by atoms with Crippen LogP contribution in [-0.2, 0) is 9.59 Å². The zero-order valence-electron chi connectivity index (χ0n) is 8.59. The van der Waals surface area contributed by atoms with Gasteiger partial charge in [0.25, 0.3) is 0 Å². The predicted molar refractivity (Wildman–Crippen MR) is 51.5 cm³/mol. The minimum Gasteiger partial charge on any atom is -0.354 e. The highest BCUT2D eigenvalue weighted by Gasteiger charge is 2.05. The van der Waals surface area contributed by atoms with Crippen molar-refractivity contribution in [1.82, 2.24) is 10.2 Å². The van der Waals surface area contributed by atoms with E-state index < -0.39 is 0 Å². The molecule has 0 aliphatic carbocycles. The Morgan fingerprint density at radius 2 is 1.92 bits per heavy atom. The molecule has 76 valence electrons. The first-order valence-corrected chi connectivity index (χ1v) is 4.49. The van der Waals surface area contributed by atoms with Crippen molar-refractivity contribution < 1.29 is 9.59 Å². The van der Waals surface area contributed by atoms with Gasteiger partial charge in [0, 0.05) is 19.5 Å². The van der Waals surface area contributed by atoms with Gasteiger partial charge in [0.1, 0.15) is 5.78 Å². The fourth-order valence-corrected chi connectivity index (χ4v) is 0.786. The van der Waals surface area contributed by atoms with Crippen LogP contribution in [0.15, 0.2) is 0 Å². The first-order chi connectivity index (χ1) is 6.06. The molecule has 0 heterocycles. The summed E-state index contributed by atoms with van der Waals surface area (Å²) in [4.78, 5) is 23.9. The monoisotopic (exact) mass is 186 g/mol. The topological polar surface area (TPSA) is 49.4 Å². The summed E-state index contributed by atoms with van der Waals surface area (Å²) in [7, 11) is 3.87. The van der Waals surface area contributed by atoms with E-state index in [-0.39, 0.29) is 18.1 Å². The molecule has 0 bridgehead atoms. The van der Waals surface area contributed by atoms with Crippen LogP contribution >= 0.6 is 0 Å². The summed E-state index contributed by atoms with van der Waals surface area (Å²) >= 11 is 0. The maximum Gasteiger partial charge on any atom is 0.227 e. The van der Waals surface area contributed by atoms with Crippen LogP contribution in [0.4, 0.5) is 0 Å². The highest BCUT2D eigenvalue weighted by Crippen LogP contribution is 1.87. The van der Waals surface area contributed by atoms with Crippen molar-refractivity contribution in [2.45, 2.75) is 19.8 Å². The van der Waals surface area contributed by atoms with Gasteiger partial charge in [-0.25, -0.2) is 0 Å². The zero-order valence-corrected chi connectivity index (χ0v) is 8.59. The molecule has 1 N–H and O–H groups in total. The molecular formula is C9H18N2O2. The maximum atomic E-state index is 11.0. The molecule has 1 amide bonds. The normalized spacial score (nSPS) is 10.2. The standard InChI is InChI=1S/C9H18N2O2/c1-4-8(12)7-9(13)10-5-6-11(2)3/h4-7H2,1-3H3,(H,10,13). The molecule has 0 aromatic carbocycles. The van der Waals surface area contributed by atoms with Crippen LogP contribution in [0.3, 0.4) is 0 Å². The summed E-state index contributed by atoms with van der Waals surface area (Å²) in [6.07, 6.45) is 0.449. The zero-order chi connectivity index (χ0) is 10.3. The van der Waals surface area contributed by atoms with Crippen LogP contribution < -0.4 is 5.32 Å². The van der Waals surface area contributed by atoms with Crippen LogP contribution in [0, 0.1) is 0 Å². The number of carbonyl (C=O) groups excluding carboxylic acids is 2. The average molecular weight is 186 g/mol. The molecule has 0 saturated heterocycles. The first-order valence-electron chi connectivity index (χ1n) is 4.49. The summed E-state index contributed by atoms with van der Waals surface area (Å²) in [5.74, 6) is -0.184. The molecule has 0 aliphatic heterocycles. The Kier molecular flexibility index (Phi) is 6.14. The van der Waals surface area contributed by atoms with E-state index in [1.165, 1.54) is 0 Å². The Labute approximate surface area is 79.3 Å². The van der Waals surface area contributed by atoms with Gasteiger partial charge in [-0.15, -0.1) is 0 Å². The van der Waals surface area contributed by atoms with Gasteiger partial charge in [-0.2, -0.15) is 0 Å². The van der Waals surface area contributed by atoms with Crippen LogP contribution in [0.25, 0.3) is 0 Å². The number of hydrogen-bond acceptors (Lipinski definition) is 3. The van der Waals surface area contributed by atoms with Gasteiger partial charge in [0.05, 0.1) is 6.42 Å². The van der Waals surface area contributed by atoms with Crippen molar-refractivity contribution in [3.63, 3.8) is 0 Å². The first kappa shape index (κ1) is 12.1. The minimum absolute atomic E-state index is 0.0117. The van der Waals surface area contributed by atoms with E-state index in [1.54, 1.807) is 6.92 Å². The minimum atomic E-state index is -0.172. The van der Waals surface area contributed by atoms with E-state index in [4.69, 9.17) is 0 Å². The Bertz CT molecular complexity index is 178. The number of nitrogens with zero attached hydrogens (tertiary/aromatic N) is 1. The van der Waals surface area contributed by atoms with Crippen molar-refractivity contribution in [1.29, 1.82) is 0 Å². The molecule has 0 rings (SSSR count). The van der Waals surface area contributed by atoms with Crippen molar-refractivity contribution in [3.8, 4) is 0 Å². The van der Waals surface area contributed by atoms with Gasteiger partial charge in [0.15, 0.2) is 0 Å². The molecule has 0 aliphatic rings. The quantitative estimate of drug-likeness (QED) is 0.596. The van der Waals surface area contributed by atoms with E-state index in [1.807, 2.05) is 19.0 Å². The fourth-order valence-electron chi connectivity index (χ4n) is 0.786. The highest BCUT2D eigenvalue weighted by atomic mass is 16.2. The summed E-state index contributed by atoms with van der Waals surface area (Å²) in [6.45, 7) is 3.16. The maximum absolute atomic E-state index is 11.0. The van der Waals surface area contributed by atoms with Gasteiger partial charge < -0.3 is 10.2 Å². The van der Waals surface area contributed by atoms with E-state index in [2.05, 4.69) is 5.32 Å². The molecule has 0 atom stereocenters. The Morgan fingerprint density at radius 3 is 2.38 bits per heavy atom. The lowest BCUT2D eigenvalue weighted by atomic mass is 10.2. The number of rotatable bonds is 6. The van der Waals surface area contributed by atoms with Gasteiger partial charge >= 0.3 is 0 Å². The molecule has 0 spiro atoms. The molecule has 0 fully saturated rings. The Hall–Kier alpha value is -0.900. The van der Waals surface area contributed by atoms with Crippen molar-refractivity contribution in [2.24, 2.45) is 0 Å². The smallest absolute Gasteiger partial charge is 0.227 e. The number of carbonyl (C=O) groups is 2. The fraction of sp³-hybridized carbons (Fsp3) is 0.778. The molecule has 4 heteroatoms. The Balaban J connectivity index is 3.46. The van der Waals surface area contributed by atoms with Crippen molar-refractivity contribution >= 4 is 11.7 Å². The number of nitrogens with one attached hydrogen (secondary N) is 1. The summed E-state index contributed by atoms with van der Waals surface area (Å²) < 4.78 is 0. The summed E-state index contributed by atoms with van der Waals surface area (Å²) in [5.41, 5.74) is 0. The van der Waals surface area contributed by atoms with Crippen molar-refractivity contribution in [3.05, 3.63) is 0 Å². The molecule has 0 unspecified atom stereocenters. The van der Waals surface area contributed by atoms with Gasteiger partial charge in [0.2, 0.25) is 5.91 Å². The largest absolute Gasteiger partial charge is 0.354 e. The van der Waals surface area contributed by atoms with Crippen molar-refractivity contribution in [2.75, 3.05) is 27.2 Å². The van der Waals surface area contributed by atoms with E-state index in [0.29, 0.717) is 13.0 Å². The van der Waals surface area contributed by atoms with Gasteiger partial charge in [-0.05, 0) is 14.1 Å². The van der Waals surface area contributed by atoms with E-state index in [9.17, 15) is 9.59 Å². The second kappa shape index (κ2) is 6.60. The number of Topliss-reactive ketones (excluding diaryl/α,β-unsaturated/α-hetero) is 1. The van der Waals surface area contributed by atoms with E-state index in [0.717, 1.165) is 6.54 Å². The lowest BCUT2D eigenvalue weighted by molar-refractivity contribution is -0.128. The second-order valence-electron chi connectivity index (χ2n) is 3.22. The van der Waals surface area contributed by atoms with Gasteiger partial charge in [-0.3, -0.25) is 9.59 Å². The number of amides is 1. The van der Waals surface area contributed by atoms with Crippen LogP contribution in [0.5, 0.6) is 0 Å². The third-order valence-electron chi connectivity index (χ3n) is 1.63. The predicted octanol–water partition coefficient (Wildman–Crippen LogP) is 0.0334. The summed E-state index contributed by atoms with van der Waals surface area (Å²) in [6, 6.07) is 0. The SMILES string of the molecule is CCC(=O)CC(=O)NCCN(C)C. The highest BCUT2D eigenvalue weighted by molar-refractivity contribution is 5.97. The lowest BCUT2D eigenvalue weighted by Crippen LogP contribution is -2.32. The molecule has 13 heavy (non-hydrogen) atoms. The molecule has 0 saturated carbocycles. The second-order valence-corrected chi connectivity index (χ2v) is 3.22. The average Bonchev–Trinajstić information content (AvgIpc) is 2.03. The third-order valence-corrected chi connectivity index (χ3v) is 1.63.